The van der Waals surface area contributed by atoms with Gasteiger partial charge in [-0.1, -0.05) is 73.7 Å². The minimum Gasteiger partial charge on any atom is -0.457 e. The van der Waals surface area contributed by atoms with Gasteiger partial charge >= 0.3 is 0 Å². The van der Waals surface area contributed by atoms with E-state index in [4.69, 9.17) is 4.74 Å². The van der Waals surface area contributed by atoms with E-state index >= 15 is 0 Å². The van der Waals surface area contributed by atoms with E-state index in [0.29, 0.717) is 11.5 Å². The van der Waals surface area contributed by atoms with Gasteiger partial charge in [0.05, 0.1) is 11.8 Å². The van der Waals surface area contributed by atoms with Crippen molar-refractivity contribution < 1.29 is 14.8 Å². The number of nitro groups is 1. The number of rotatable bonds is 6. The first kappa shape index (κ1) is 19.2. The van der Waals surface area contributed by atoms with E-state index in [1.54, 1.807) is 0 Å². The van der Waals surface area contributed by atoms with E-state index in [-0.39, 0.29) is 17.4 Å². The highest BCUT2D eigenvalue weighted by atomic mass is 16.6. The predicted molar refractivity (Wildman–Crippen MR) is 111 cm³/mol. The van der Waals surface area contributed by atoms with Crippen molar-refractivity contribution in [1.82, 2.24) is 0 Å². The lowest BCUT2D eigenvalue weighted by atomic mass is 9.71. The van der Waals surface area contributed by atoms with Crippen molar-refractivity contribution in [3.63, 3.8) is 0 Å². The Hall–Kier alpha value is -3.18. The number of aliphatic hydroxyl groups excluding tert-OH is 1. The first-order valence-electron chi connectivity index (χ1n) is 9.76. The van der Waals surface area contributed by atoms with Gasteiger partial charge in [0.15, 0.2) is 0 Å². The lowest BCUT2D eigenvalue weighted by Crippen LogP contribution is -2.39. The molecular formula is C24H23NO4. The topological polar surface area (TPSA) is 72.6 Å². The number of aliphatic hydroxyl groups is 1. The largest absolute Gasteiger partial charge is 0.457 e. The quantitative estimate of drug-likeness (QED) is 0.477. The lowest BCUT2D eigenvalue weighted by Gasteiger charge is -2.35. The van der Waals surface area contributed by atoms with Crippen LogP contribution in [-0.2, 0) is 0 Å². The average Bonchev–Trinajstić information content (AvgIpc) is 2.76. The number of hydrogen-bond acceptors (Lipinski definition) is 4. The summed E-state index contributed by atoms with van der Waals surface area (Å²) >= 11 is 0. The van der Waals surface area contributed by atoms with Gasteiger partial charge in [-0.25, -0.2) is 0 Å². The maximum atomic E-state index is 12.5. The number of hydrogen-bond donors (Lipinski definition) is 1. The molecule has 1 heterocycles. The molecule has 3 atom stereocenters. The number of para-hydroxylation sites is 2. The SMILES string of the molecule is C[C@@H](CO)[C@@H](c1ccccc1)[C@H](C1c2ccccc2Oc2ccccc21)[N+](=O)[O-]. The molecule has 0 aliphatic carbocycles. The Morgan fingerprint density at radius 3 is 1.97 bits per heavy atom. The van der Waals surface area contributed by atoms with E-state index in [0.717, 1.165) is 16.7 Å². The summed E-state index contributed by atoms with van der Waals surface area (Å²) in [5.41, 5.74) is 2.47. The molecule has 1 aliphatic rings. The minimum absolute atomic E-state index is 0.129. The standard InChI is InChI=1S/C24H23NO4/c1-16(15-26)22(17-9-3-2-4-10-17)24(25(27)28)23-18-11-5-7-13-20(18)29-21-14-8-6-12-19(21)23/h2-14,16,22-24,26H,15H2,1H3/t16-,22-,24+/m0/s1. The Morgan fingerprint density at radius 2 is 1.45 bits per heavy atom. The molecule has 4 rings (SSSR count). The van der Waals surface area contributed by atoms with Crippen LogP contribution in [0.3, 0.4) is 0 Å². The Bertz CT molecular complexity index is 959. The molecule has 0 amide bonds. The molecule has 0 unspecified atom stereocenters. The summed E-state index contributed by atoms with van der Waals surface area (Å²) in [5, 5.41) is 22.5. The van der Waals surface area contributed by atoms with Gasteiger partial charge in [-0.05, 0) is 23.6 Å². The van der Waals surface area contributed by atoms with Crippen molar-refractivity contribution in [1.29, 1.82) is 0 Å². The van der Waals surface area contributed by atoms with Gasteiger partial charge in [0.1, 0.15) is 11.5 Å². The Labute approximate surface area is 169 Å². The third-order valence-electron chi connectivity index (χ3n) is 5.77. The second-order valence-corrected chi connectivity index (χ2v) is 7.53. The maximum absolute atomic E-state index is 12.5. The molecule has 0 fully saturated rings. The van der Waals surface area contributed by atoms with E-state index < -0.39 is 17.9 Å². The number of ether oxygens (including phenoxy) is 1. The van der Waals surface area contributed by atoms with E-state index in [1.165, 1.54) is 0 Å². The molecule has 0 bridgehead atoms. The van der Waals surface area contributed by atoms with Crippen LogP contribution in [0.2, 0.25) is 0 Å². The minimum atomic E-state index is -0.953. The van der Waals surface area contributed by atoms with Gasteiger partial charge < -0.3 is 9.84 Å². The first-order chi connectivity index (χ1) is 14.1. The van der Waals surface area contributed by atoms with E-state index in [1.807, 2.05) is 85.8 Å². The second-order valence-electron chi connectivity index (χ2n) is 7.53. The van der Waals surface area contributed by atoms with E-state index in [9.17, 15) is 15.2 Å². The summed E-state index contributed by atoms with van der Waals surface area (Å²) in [6.07, 6.45) is 0. The highest BCUT2D eigenvalue weighted by Crippen LogP contribution is 2.49. The summed E-state index contributed by atoms with van der Waals surface area (Å²) in [6.45, 7) is 1.74. The molecule has 1 N–H and O–H groups in total. The Balaban J connectivity index is 1.93. The normalized spacial score (nSPS) is 16.1. The van der Waals surface area contributed by atoms with Gasteiger partial charge in [0.25, 0.3) is 0 Å². The molecule has 29 heavy (non-hydrogen) atoms. The van der Waals surface area contributed by atoms with Gasteiger partial charge in [-0.2, -0.15) is 0 Å². The van der Waals surface area contributed by atoms with Gasteiger partial charge in [-0.15, -0.1) is 0 Å². The number of fused-ring (bicyclic) bond motifs is 2. The molecule has 0 saturated heterocycles. The van der Waals surface area contributed by atoms with Crippen molar-refractivity contribution in [3.05, 3.63) is 106 Å². The number of nitrogens with zero attached hydrogens (tertiary/aromatic N) is 1. The molecule has 0 aromatic heterocycles. The third-order valence-corrected chi connectivity index (χ3v) is 5.77. The molecule has 1 aliphatic heterocycles. The lowest BCUT2D eigenvalue weighted by molar-refractivity contribution is -0.531. The summed E-state index contributed by atoms with van der Waals surface area (Å²) in [5.74, 6) is 0.0683. The van der Waals surface area contributed by atoms with Gasteiger partial charge in [-0.3, -0.25) is 10.1 Å². The molecule has 0 spiro atoms. The molecular weight excluding hydrogens is 366 g/mol. The molecule has 3 aromatic carbocycles. The van der Waals surface area contributed by atoms with Crippen molar-refractivity contribution in [2.24, 2.45) is 5.92 Å². The monoisotopic (exact) mass is 389 g/mol. The van der Waals surface area contributed by atoms with Crippen LogP contribution < -0.4 is 4.74 Å². The predicted octanol–water partition coefficient (Wildman–Crippen LogP) is 4.98. The molecule has 148 valence electrons. The smallest absolute Gasteiger partial charge is 0.231 e. The van der Waals surface area contributed by atoms with Gasteiger partial charge in [0.2, 0.25) is 6.04 Å². The van der Waals surface area contributed by atoms with Crippen LogP contribution in [0.25, 0.3) is 0 Å². The van der Waals surface area contributed by atoms with Crippen LogP contribution in [0.15, 0.2) is 78.9 Å². The van der Waals surface area contributed by atoms with E-state index in [2.05, 4.69) is 0 Å². The maximum Gasteiger partial charge on any atom is 0.231 e. The fraction of sp³-hybridized carbons (Fsp3) is 0.250. The second kappa shape index (κ2) is 8.05. The molecule has 0 saturated carbocycles. The van der Waals surface area contributed by atoms with Gasteiger partial charge in [0, 0.05) is 22.7 Å². The zero-order chi connectivity index (χ0) is 20.4. The average molecular weight is 389 g/mol. The van der Waals surface area contributed by atoms with Crippen LogP contribution in [-0.4, -0.2) is 22.7 Å². The summed E-state index contributed by atoms with van der Waals surface area (Å²) < 4.78 is 6.04. The molecule has 5 heteroatoms. The van der Waals surface area contributed by atoms with Crippen molar-refractivity contribution in [2.75, 3.05) is 6.61 Å². The summed E-state index contributed by atoms with van der Waals surface area (Å²) in [6, 6.07) is 23.5. The zero-order valence-corrected chi connectivity index (χ0v) is 16.1. The Morgan fingerprint density at radius 1 is 0.931 bits per heavy atom. The van der Waals surface area contributed by atoms with Crippen molar-refractivity contribution in [2.45, 2.75) is 24.8 Å². The van der Waals surface area contributed by atoms with Crippen molar-refractivity contribution in [3.8, 4) is 11.5 Å². The third kappa shape index (κ3) is 3.49. The summed E-state index contributed by atoms with van der Waals surface area (Å²) in [7, 11) is 0. The van der Waals surface area contributed by atoms with Crippen molar-refractivity contribution >= 4 is 0 Å². The van der Waals surface area contributed by atoms with Crippen LogP contribution in [0.5, 0.6) is 11.5 Å². The fourth-order valence-corrected chi connectivity index (χ4v) is 4.43. The fourth-order valence-electron chi connectivity index (χ4n) is 4.43. The Kier molecular flexibility index (Phi) is 5.32. The molecule has 3 aromatic rings. The van der Waals surface area contributed by atoms with Crippen LogP contribution >= 0.6 is 0 Å². The van der Waals surface area contributed by atoms with Crippen LogP contribution in [0.1, 0.15) is 35.4 Å². The number of benzene rings is 3. The molecule has 5 nitrogen and oxygen atoms in total. The molecule has 0 radical (unpaired) electrons. The van der Waals surface area contributed by atoms with Crippen LogP contribution in [0.4, 0.5) is 0 Å². The van der Waals surface area contributed by atoms with Crippen LogP contribution in [0, 0.1) is 16.0 Å². The zero-order valence-electron chi connectivity index (χ0n) is 16.1. The first-order valence-corrected chi connectivity index (χ1v) is 9.76. The summed E-state index contributed by atoms with van der Waals surface area (Å²) in [4.78, 5) is 12.3. The highest BCUT2D eigenvalue weighted by Gasteiger charge is 2.47. The highest BCUT2D eigenvalue weighted by molar-refractivity contribution is 5.54.